The van der Waals surface area contributed by atoms with Gasteiger partial charge in [-0.25, -0.2) is 4.39 Å². The molecule has 0 aliphatic carbocycles. The van der Waals surface area contributed by atoms with E-state index in [4.69, 9.17) is 21.1 Å². The first-order chi connectivity index (χ1) is 13.7. The number of hydrogen-bond acceptors (Lipinski definition) is 3. The van der Waals surface area contributed by atoms with Crippen molar-refractivity contribution >= 4 is 11.6 Å². The fourth-order valence-electron chi connectivity index (χ4n) is 2.86. The van der Waals surface area contributed by atoms with E-state index in [9.17, 15) is 4.39 Å². The summed E-state index contributed by atoms with van der Waals surface area (Å²) in [7, 11) is 1.60. The van der Waals surface area contributed by atoms with Gasteiger partial charge in [0.25, 0.3) is 0 Å². The molecule has 28 heavy (non-hydrogen) atoms. The number of methoxy groups -OCH3 is 1. The Morgan fingerprint density at radius 1 is 0.929 bits per heavy atom. The summed E-state index contributed by atoms with van der Waals surface area (Å²) in [5, 5.41) is 3.89. The molecule has 0 saturated carbocycles. The summed E-state index contributed by atoms with van der Waals surface area (Å²) in [5.74, 6) is 0.940. The van der Waals surface area contributed by atoms with Crippen molar-refractivity contribution in [3.05, 3.63) is 94.3 Å². The Morgan fingerprint density at radius 2 is 1.68 bits per heavy atom. The maximum atomic E-state index is 12.9. The van der Waals surface area contributed by atoms with Crippen molar-refractivity contribution in [2.24, 2.45) is 0 Å². The van der Waals surface area contributed by atoms with E-state index in [-0.39, 0.29) is 5.82 Å². The smallest absolute Gasteiger partial charge is 0.180 e. The minimum Gasteiger partial charge on any atom is -0.493 e. The zero-order valence-electron chi connectivity index (χ0n) is 15.8. The van der Waals surface area contributed by atoms with Crippen molar-refractivity contribution < 1.29 is 13.9 Å². The van der Waals surface area contributed by atoms with Crippen molar-refractivity contribution in [3.63, 3.8) is 0 Å². The summed E-state index contributed by atoms with van der Waals surface area (Å²) in [6.45, 7) is 1.85. The van der Waals surface area contributed by atoms with Crippen molar-refractivity contribution in [2.75, 3.05) is 13.7 Å². The lowest BCUT2D eigenvalue weighted by atomic mass is 10.1. The van der Waals surface area contributed by atoms with E-state index in [0.29, 0.717) is 29.7 Å². The number of benzene rings is 3. The Bertz CT molecular complexity index is 885. The van der Waals surface area contributed by atoms with Crippen LogP contribution in [-0.2, 0) is 19.6 Å². The molecule has 3 aromatic carbocycles. The molecule has 3 rings (SSSR count). The molecule has 0 spiro atoms. The van der Waals surface area contributed by atoms with Crippen molar-refractivity contribution in [1.29, 1.82) is 0 Å². The van der Waals surface area contributed by atoms with Gasteiger partial charge in [0.15, 0.2) is 11.5 Å². The highest BCUT2D eigenvalue weighted by molar-refractivity contribution is 6.32. The Morgan fingerprint density at radius 3 is 2.39 bits per heavy atom. The van der Waals surface area contributed by atoms with Gasteiger partial charge in [-0.05, 0) is 53.9 Å². The van der Waals surface area contributed by atoms with Gasteiger partial charge in [-0.1, -0.05) is 54.1 Å². The standard InChI is InChI=1S/C23H23ClFNO2/c1-27-22-14-19(15-26-12-11-17-7-9-20(25)10-8-17)13-21(24)23(22)28-16-18-5-3-2-4-6-18/h2-10,13-14,26H,11-12,15-16H2,1H3. The third-order valence-corrected chi connectivity index (χ3v) is 4.63. The molecule has 0 bridgehead atoms. The molecule has 3 aromatic rings. The maximum Gasteiger partial charge on any atom is 0.180 e. The average Bonchev–Trinajstić information content (AvgIpc) is 2.72. The van der Waals surface area contributed by atoms with E-state index in [1.165, 1.54) is 12.1 Å². The Labute approximate surface area is 170 Å². The summed E-state index contributed by atoms with van der Waals surface area (Å²) >= 11 is 6.43. The fourth-order valence-corrected chi connectivity index (χ4v) is 3.15. The van der Waals surface area contributed by atoms with Crippen LogP contribution in [0.25, 0.3) is 0 Å². The second-order valence-corrected chi connectivity index (χ2v) is 6.84. The molecular formula is C23H23ClFNO2. The molecule has 0 saturated heterocycles. The van der Waals surface area contributed by atoms with Gasteiger partial charge >= 0.3 is 0 Å². The van der Waals surface area contributed by atoms with E-state index in [2.05, 4.69) is 5.32 Å². The minimum absolute atomic E-state index is 0.215. The van der Waals surface area contributed by atoms with Crippen LogP contribution in [0.5, 0.6) is 11.5 Å². The molecular weight excluding hydrogens is 377 g/mol. The molecule has 0 amide bonds. The molecule has 146 valence electrons. The molecule has 5 heteroatoms. The fraction of sp³-hybridized carbons (Fsp3) is 0.217. The van der Waals surface area contributed by atoms with Crippen LogP contribution in [0.2, 0.25) is 5.02 Å². The molecule has 0 aromatic heterocycles. The Balaban J connectivity index is 1.56. The van der Waals surface area contributed by atoms with Gasteiger partial charge in [0.05, 0.1) is 12.1 Å². The van der Waals surface area contributed by atoms with Gasteiger partial charge < -0.3 is 14.8 Å². The number of rotatable bonds is 9. The van der Waals surface area contributed by atoms with Crippen LogP contribution in [-0.4, -0.2) is 13.7 Å². The quantitative estimate of drug-likeness (QED) is 0.489. The van der Waals surface area contributed by atoms with Gasteiger partial charge in [0, 0.05) is 6.54 Å². The first-order valence-electron chi connectivity index (χ1n) is 9.14. The average molecular weight is 400 g/mol. The number of ether oxygens (including phenoxy) is 2. The van der Waals surface area contributed by atoms with E-state index < -0.39 is 0 Å². The SMILES string of the molecule is COc1cc(CNCCc2ccc(F)cc2)cc(Cl)c1OCc1ccccc1. The second kappa shape index (κ2) is 10.1. The second-order valence-electron chi connectivity index (χ2n) is 6.44. The van der Waals surface area contributed by atoms with E-state index >= 15 is 0 Å². The number of nitrogens with one attached hydrogen (secondary N) is 1. The molecule has 0 aliphatic rings. The third kappa shape index (κ3) is 5.72. The number of halogens is 2. The minimum atomic E-state index is -0.215. The Hall–Kier alpha value is -2.56. The lowest BCUT2D eigenvalue weighted by Gasteiger charge is -2.15. The largest absolute Gasteiger partial charge is 0.493 e. The maximum absolute atomic E-state index is 12.9. The predicted octanol–water partition coefficient (Wildman–Crippen LogP) is 5.40. The van der Waals surface area contributed by atoms with Crippen LogP contribution in [0.1, 0.15) is 16.7 Å². The van der Waals surface area contributed by atoms with E-state index in [1.807, 2.05) is 42.5 Å². The van der Waals surface area contributed by atoms with Crippen LogP contribution in [0.4, 0.5) is 4.39 Å². The van der Waals surface area contributed by atoms with Crippen molar-refractivity contribution in [1.82, 2.24) is 5.32 Å². The van der Waals surface area contributed by atoms with Crippen molar-refractivity contribution in [2.45, 2.75) is 19.6 Å². The summed E-state index contributed by atoms with van der Waals surface area (Å²) in [4.78, 5) is 0. The monoisotopic (exact) mass is 399 g/mol. The van der Waals surface area contributed by atoms with Crippen LogP contribution in [0, 0.1) is 5.82 Å². The van der Waals surface area contributed by atoms with Crippen LogP contribution < -0.4 is 14.8 Å². The van der Waals surface area contributed by atoms with Gasteiger partial charge in [0.1, 0.15) is 12.4 Å². The van der Waals surface area contributed by atoms with Crippen molar-refractivity contribution in [3.8, 4) is 11.5 Å². The molecule has 0 atom stereocenters. The van der Waals surface area contributed by atoms with E-state index in [0.717, 1.165) is 29.7 Å². The molecule has 0 aliphatic heterocycles. The normalized spacial score (nSPS) is 10.7. The van der Waals surface area contributed by atoms with Gasteiger partial charge in [-0.15, -0.1) is 0 Å². The number of hydrogen-bond donors (Lipinski definition) is 1. The van der Waals surface area contributed by atoms with Gasteiger partial charge in [-0.2, -0.15) is 0 Å². The lowest BCUT2D eigenvalue weighted by molar-refractivity contribution is 0.284. The zero-order chi connectivity index (χ0) is 19.8. The Kier molecular flexibility index (Phi) is 7.29. The highest BCUT2D eigenvalue weighted by Gasteiger charge is 2.12. The van der Waals surface area contributed by atoms with E-state index in [1.54, 1.807) is 19.2 Å². The first kappa shape index (κ1) is 20.2. The van der Waals surface area contributed by atoms with Crippen LogP contribution >= 0.6 is 11.6 Å². The summed E-state index contributed by atoms with van der Waals surface area (Å²) in [6.07, 6.45) is 0.823. The molecule has 0 unspecified atom stereocenters. The zero-order valence-corrected chi connectivity index (χ0v) is 16.5. The first-order valence-corrected chi connectivity index (χ1v) is 9.52. The molecule has 0 fully saturated rings. The molecule has 3 nitrogen and oxygen atoms in total. The summed E-state index contributed by atoms with van der Waals surface area (Å²) < 4.78 is 24.3. The third-order valence-electron chi connectivity index (χ3n) is 4.35. The molecule has 0 radical (unpaired) electrons. The lowest BCUT2D eigenvalue weighted by Crippen LogP contribution is -2.16. The highest BCUT2D eigenvalue weighted by Crippen LogP contribution is 2.37. The van der Waals surface area contributed by atoms with Gasteiger partial charge in [-0.3, -0.25) is 0 Å². The summed E-state index contributed by atoms with van der Waals surface area (Å²) in [6, 6.07) is 20.3. The highest BCUT2D eigenvalue weighted by atomic mass is 35.5. The van der Waals surface area contributed by atoms with Crippen LogP contribution in [0.3, 0.4) is 0 Å². The summed E-state index contributed by atoms with van der Waals surface area (Å²) in [5.41, 5.74) is 3.16. The topological polar surface area (TPSA) is 30.5 Å². The van der Waals surface area contributed by atoms with Crippen LogP contribution in [0.15, 0.2) is 66.7 Å². The van der Waals surface area contributed by atoms with Gasteiger partial charge in [0.2, 0.25) is 0 Å². The predicted molar refractivity (Wildman–Crippen MR) is 111 cm³/mol. The molecule has 1 N–H and O–H groups in total. The molecule has 0 heterocycles.